The van der Waals surface area contributed by atoms with Gasteiger partial charge in [-0.25, -0.2) is 9.97 Å². The van der Waals surface area contributed by atoms with Gasteiger partial charge in [0.2, 0.25) is 0 Å². The summed E-state index contributed by atoms with van der Waals surface area (Å²) in [5, 5.41) is 2.29. The molecule has 0 saturated heterocycles. The molecule has 0 amide bonds. The molecule has 2 heterocycles. The van der Waals surface area contributed by atoms with Crippen molar-refractivity contribution in [2.45, 2.75) is 26.3 Å². The quantitative estimate of drug-likeness (QED) is 0.790. The van der Waals surface area contributed by atoms with Gasteiger partial charge in [-0.05, 0) is 17.9 Å². The minimum Gasteiger partial charge on any atom is -0.325 e. The third-order valence-corrected chi connectivity index (χ3v) is 3.40. The molecule has 2 N–H and O–H groups in total. The number of aryl methyl sites for hydroxylation is 1. The molecule has 102 valence electrons. The van der Waals surface area contributed by atoms with E-state index in [0.717, 1.165) is 41.0 Å². The molecule has 0 unspecified atom stereocenters. The van der Waals surface area contributed by atoms with Gasteiger partial charge in [-0.15, -0.1) is 0 Å². The van der Waals surface area contributed by atoms with Crippen LogP contribution in [0.3, 0.4) is 0 Å². The van der Waals surface area contributed by atoms with Crippen molar-refractivity contribution in [2.75, 3.05) is 0 Å². The van der Waals surface area contributed by atoms with Crippen molar-refractivity contribution in [1.82, 2.24) is 14.5 Å². The topological polar surface area (TPSA) is 56.7 Å². The Bertz CT molecular complexity index is 730. The Morgan fingerprint density at radius 2 is 2.10 bits per heavy atom. The zero-order chi connectivity index (χ0) is 13.9. The summed E-state index contributed by atoms with van der Waals surface area (Å²) in [4.78, 5) is 9.14. The van der Waals surface area contributed by atoms with Gasteiger partial charge in [-0.1, -0.05) is 31.2 Å². The minimum absolute atomic E-state index is 0.440. The minimum atomic E-state index is 0.440. The van der Waals surface area contributed by atoms with Crippen LogP contribution in [0.2, 0.25) is 0 Å². The zero-order valence-electron chi connectivity index (χ0n) is 11.6. The number of imidazole rings is 1. The Morgan fingerprint density at radius 3 is 2.90 bits per heavy atom. The van der Waals surface area contributed by atoms with Crippen LogP contribution < -0.4 is 5.73 Å². The summed E-state index contributed by atoms with van der Waals surface area (Å²) in [6.07, 6.45) is 5.80. The van der Waals surface area contributed by atoms with E-state index in [-0.39, 0.29) is 0 Å². The Morgan fingerprint density at radius 1 is 1.25 bits per heavy atom. The number of fused-ring (bicyclic) bond motifs is 1. The second kappa shape index (κ2) is 5.43. The van der Waals surface area contributed by atoms with Crippen LogP contribution >= 0.6 is 0 Å². The largest absolute Gasteiger partial charge is 0.325 e. The van der Waals surface area contributed by atoms with Crippen molar-refractivity contribution in [2.24, 2.45) is 5.73 Å². The maximum Gasteiger partial charge on any atom is 0.146 e. The molecule has 0 bridgehead atoms. The van der Waals surface area contributed by atoms with Crippen LogP contribution in [0.1, 0.15) is 24.9 Å². The third-order valence-electron chi connectivity index (χ3n) is 3.40. The first-order chi connectivity index (χ1) is 9.83. The van der Waals surface area contributed by atoms with E-state index in [0.29, 0.717) is 6.54 Å². The lowest BCUT2D eigenvalue weighted by atomic mass is 10.1. The van der Waals surface area contributed by atoms with Gasteiger partial charge >= 0.3 is 0 Å². The summed E-state index contributed by atoms with van der Waals surface area (Å²) in [6, 6.07) is 10.3. The molecular formula is C16H18N4. The molecule has 0 fully saturated rings. The van der Waals surface area contributed by atoms with Crippen molar-refractivity contribution >= 4 is 10.8 Å². The average Bonchev–Trinajstić information content (AvgIpc) is 2.94. The fraction of sp³-hybridized carbons (Fsp3) is 0.250. The molecule has 0 radical (unpaired) electrons. The van der Waals surface area contributed by atoms with E-state index in [1.54, 1.807) is 0 Å². The molecule has 0 aliphatic rings. The average molecular weight is 266 g/mol. The van der Waals surface area contributed by atoms with Gasteiger partial charge in [0.1, 0.15) is 11.6 Å². The zero-order valence-corrected chi connectivity index (χ0v) is 11.6. The molecule has 2 aromatic heterocycles. The van der Waals surface area contributed by atoms with Crippen molar-refractivity contribution in [3.05, 3.63) is 54.2 Å². The molecule has 4 nitrogen and oxygen atoms in total. The fourth-order valence-electron chi connectivity index (χ4n) is 2.46. The van der Waals surface area contributed by atoms with E-state index in [2.05, 4.69) is 34.7 Å². The summed E-state index contributed by atoms with van der Waals surface area (Å²) < 4.78 is 2.07. The number of nitrogens with two attached hydrogens (primary N) is 1. The molecule has 0 saturated carbocycles. The Kier molecular flexibility index (Phi) is 3.48. The highest BCUT2D eigenvalue weighted by Gasteiger charge is 2.10. The maximum absolute atomic E-state index is 5.77. The monoisotopic (exact) mass is 266 g/mol. The highest BCUT2D eigenvalue weighted by Crippen LogP contribution is 2.23. The lowest BCUT2D eigenvalue weighted by molar-refractivity contribution is 0.797. The smallest absolute Gasteiger partial charge is 0.146 e. The molecule has 4 heteroatoms. The first-order valence-electron chi connectivity index (χ1n) is 6.94. The van der Waals surface area contributed by atoms with Crippen LogP contribution in [0, 0.1) is 0 Å². The van der Waals surface area contributed by atoms with Gasteiger partial charge in [-0.2, -0.15) is 0 Å². The van der Waals surface area contributed by atoms with Crippen LogP contribution in [-0.4, -0.2) is 14.5 Å². The maximum atomic E-state index is 5.77. The Labute approximate surface area is 118 Å². The summed E-state index contributed by atoms with van der Waals surface area (Å²) in [5.74, 6) is 1.96. The molecular weight excluding hydrogens is 248 g/mol. The van der Waals surface area contributed by atoms with E-state index in [9.17, 15) is 0 Å². The van der Waals surface area contributed by atoms with Gasteiger partial charge in [0.05, 0.1) is 5.69 Å². The molecule has 20 heavy (non-hydrogen) atoms. The summed E-state index contributed by atoms with van der Waals surface area (Å²) in [5.41, 5.74) is 6.67. The first kappa shape index (κ1) is 12.8. The van der Waals surface area contributed by atoms with Crippen molar-refractivity contribution < 1.29 is 0 Å². The fourth-order valence-corrected chi connectivity index (χ4v) is 2.46. The van der Waals surface area contributed by atoms with Gasteiger partial charge < -0.3 is 5.73 Å². The van der Waals surface area contributed by atoms with Gasteiger partial charge in [0.25, 0.3) is 0 Å². The van der Waals surface area contributed by atoms with Crippen LogP contribution in [0.4, 0.5) is 0 Å². The second-order valence-electron chi connectivity index (χ2n) is 4.83. The van der Waals surface area contributed by atoms with Crippen LogP contribution in [-0.2, 0) is 13.0 Å². The Hall–Kier alpha value is -2.20. The van der Waals surface area contributed by atoms with E-state index >= 15 is 0 Å². The standard InChI is InChI=1S/C16H18N4/c1-2-5-15-18-8-9-20(15)16-14-7-4-3-6-12(14)10-13(11-17)19-16/h3-4,6-10H,2,5,11,17H2,1H3. The number of nitrogens with zero attached hydrogens (tertiary/aromatic N) is 3. The van der Waals surface area contributed by atoms with Crippen LogP contribution in [0.25, 0.3) is 16.6 Å². The lowest BCUT2D eigenvalue weighted by Crippen LogP contribution is -2.07. The molecule has 1 aromatic carbocycles. The van der Waals surface area contributed by atoms with Gasteiger partial charge in [0, 0.05) is 30.7 Å². The summed E-state index contributed by atoms with van der Waals surface area (Å²) in [6.45, 7) is 2.59. The second-order valence-corrected chi connectivity index (χ2v) is 4.83. The predicted molar refractivity (Wildman–Crippen MR) is 80.8 cm³/mol. The molecule has 0 spiro atoms. The molecule has 3 aromatic rings. The lowest BCUT2D eigenvalue weighted by Gasteiger charge is -2.11. The van der Waals surface area contributed by atoms with E-state index < -0.39 is 0 Å². The van der Waals surface area contributed by atoms with E-state index in [4.69, 9.17) is 10.7 Å². The van der Waals surface area contributed by atoms with Gasteiger partial charge in [0.15, 0.2) is 0 Å². The van der Waals surface area contributed by atoms with E-state index in [1.807, 2.05) is 24.5 Å². The Balaban J connectivity index is 2.26. The summed E-state index contributed by atoms with van der Waals surface area (Å²) in [7, 11) is 0. The third kappa shape index (κ3) is 2.18. The molecule has 3 rings (SSSR count). The van der Waals surface area contributed by atoms with Crippen LogP contribution in [0.5, 0.6) is 0 Å². The number of hydrogen-bond acceptors (Lipinski definition) is 3. The number of benzene rings is 1. The molecule has 0 aliphatic heterocycles. The van der Waals surface area contributed by atoms with E-state index in [1.165, 1.54) is 0 Å². The number of hydrogen-bond donors (Lipinski definition) is 1. The van der Waals surface area contributed by atoms with Crippen molar-refractivity contribution in [1.29, 1.82) is 0 Å². The SMILES string of the molecule is CCCc1nccn1-c1nc(CN)cc2ccccc12. The summed E-state index contributed by atoms with van der Waals surface area (Å²) >= 11 is 0. The number of pyridine rings is 1. The van der Waals surface area contributed by atoms with Gasteiger partial charge in [-0.3, -0.25) is 4.57 Å². The van der Waals surface area contributed by atoms with Crippen molar-refractivity contribution in [3.63, 3.8) is 0 Å². The molecule has 0 atom stereocenters. The normalized spacial score (nSPS) is 11.1. The highest BCUT2D eigenvalue weighted by atomic mass is 15.1. The molecule has 0 aliphatic carbocycles. The predicted octanol–water partition coefficient (Wildman–Crippen LogP) is 2.83. The highest BCUT2D eigenvalue weighted by molar-refractivity contribution is 5.88. The first-order valence-corrected chi connectivity index (χ1v) is 6.94. The van der Waals surface area contributed by atoms with Crippen LogP contribution in [0.15, 0.2) is 42.7 Å². The van der Waals surface area contributed by atoms with Crippen molar-refractivity contribution in [3.8, 4) is 5.82 Å². The number of aromatic nitrogens is 3. The number of rotatable bonds is 4.